The smallest absolute Gasteiger partial charge is 0.145 e. The number of hydrogen-bond donors (Lipinski definition) is 1. The van der Waals surface area contributed by atoms with Crippen LogP contribution in [0.5, 0.6) is 5.75 Å². The molecule has 0 unspecified atom stereocenters. The zero-order chi connectivity index (χ0) is 14.0. The Bertz CT molecular complexity index is 590. The predicted octanol–water partition coefficient (Wildman–Crippen LogP) is 4.88. The highest BCUT2D eigenvalue weighted by Gasteiger charge is 2.08. The van der Waals surface area contributed by atoms with Crippen LogP contribution in [0.4, 0.5) is 5.69 Å². The number of hydrogen-bond acceptors (Lipinski definition) is 2. The maximum absolute atomic E-state index is 6.16. The SMILES string of the molecule is Cc1cc(C)c(OCc2ccc(Br)cc2Cl)c(N)c1. The van der Waals surface area contributed by atoms with Crippen molar-refractivity contribution in [1.29, 1.82) is 0 Å². The van der Waals surface area contributed by atoms with E-state index in [4.69, 9.17) is 22.1 Å². The third-order valence-corrected chi connectivity index (χ3v) is 3.68. The Morgan fingerprint density at radius 3 is 2.58 bits per heavy atom. The second-order valence-electron chi connectivity index (χ2n) is 4.52. The minimum absolute atomic E-state index is 0.403. The quantitative estimate of drug-likeness (QED) is 0.808. The van der Waals surface area contributed by atoms with Crippen LogP contribution in [0.3, 0.4) is 0 Å². The zero-order valence-corrected chi connectivity index (χ0v) is 13.2. The van der Waals surface area contributed by atoms with Gasteiger partial charge in [0.2, 0.25) is 0 Å². The number of aryl methyl sites for hydroxylation is 2. The summed E-state index contributed by atoms with van der Waals surface area (Å²) in [4.78, 5) is 0. The van der Waals surface area contributed by atoms with E-state index in [9.17, 15) is 0 Å². The largest absolute Gasteiger partial charge is 0.486 e. The van der Waals surface area contributed by atoms with E-state index in [2.05, 4.69) is 22.0 Å². The first-order valence-electron chi connectivity index (χ1n) is 5.91. The van der Waals surface area contributed by atoms with Crippen LogP contribution in [0.25, 0.3) is 0 Å². The number of benzene rings is 2. The maximum atomic E-state index is 6.16. The van der Waals surface area contributed by atoms with Gasteiger partial charge in [0.15, 0.2) is 0 Å². The number of rotatable bonds is 3. The summed E-state index contributed by atoms with van der Waals surface area (Å²) in [6.07, 6.45) is 0. The van der Waals surface area contributed by atoms with Crippen molar-refractivity contribution in [2.45, 2.75) is 20.5 Å². The summed E-state index contributed by atoms with van der Waals surface area (Å²) in [5.74, 6) is 0.726. The van der Waals surface area contributed by atoms with Crippen LogP contribution in [0, 0.1) is 13.8 Å². The Hall–Kier alpha value is -1.19. The van der Waals surface area contributed by atoms with Crippen molar-refractivity contribution in [3.05, 3.63) is 56.5 Å². The molecule has 0 bridgehead atoms. The summed E-state index contributed by atoms with van der Waals surface area (Å²) in [5.41, 5.74) is 9.74. The molecule has 0 fully saturated rings. The zero-order valence-electron chi connectivity index (χ0n) is 10.8. The van der Waals surface area contributed by atoms with Gasteiger partial charge in [0.25, 0.3) is 0 Å². The van der Waals surface area contributed by atoms with Crippen molar-refractivity contribution in [2.75, 3.05) is 5.73 Å². The normalized spacial score (nSPS) is 10.5. The van der Waals surface area contributed by atoms with Crippen LogP contribution >= 0.6 is 27.5 Å². The molecule has 2 aromatic carbocycles. The molecule has 2 N–H and O–H groups in total. The van der Waals surface area contributed by atoms with Gasteiger partial charge in [-0.2, -0.15) is 0 Å². The highest BCUT2D eigenvalue weighted by Crippen LogP contribution is 2.29. The van der Waals surface area contributed by atoms with Crippen LogP contribution in [0.15, 0.2) is 34.8 Å². The fraction of sp³-hybridized carbons (Fsp3) is 0.200. The maximum Gasteiger partial charge on any atom is 0.145 e. The van der Waals surface area contributed by atoms with Crippen LogP contribution in [-0.2, 0) is 6.61 Å². The van der Waals surface area contributed by atoms with Crippen molar-refractivity contribution in [1.82, 2.24) is 0 Å². The van der Waals surface area contributed by atoms with Crippen LogP contribution in [-0.4, -0.2) is 0 Å². The van der Waals surface area contributed by atoms with Gasteiger partial charge in [-0.15, -0.1) is 0 Å². The van der Waals surface area contributed by atoms with Crippen LogP contribution in [0.1, 0.15) is 16.7 Å². The standard InChI is InChI=1S/C15H15BrClNO/c1-9-5-10(2)15(14(18)6-9)19-8-11-3-4-12(16)7-13(11)17/h3-7H,8,18H2,1-2H3. The fourth-order valence-corrected chi connectivity index (χ4v) is 2.70. The third kappa shape index (κ3) is 3.43. The molecule has 4 heteroatoms. The molecule has 0 radical (unpaired) electrons. The van der Waals surface area contributed by atoms with Crippen molar-refractivity contribution in [3.63, 3.8) is 0 Å². The van der Waals surface area contributed by atoms with Gasteiger partial charge in [-0.1, -0.05) is 39.7 Å². The van der Waals surface area contributed by atoms with Crippen molar-refractivity contribution < 1.29 is 4.74 Å². The summed E-state index contributed by atoms with van der Waals surface area (Å²) in [7, 11) is 0. The van der Waals surface area contributed by atoms with Gasteiger partial charge in [-0.05, 0) is 43.2 Å². The molecule has 2 nitrogen and oxygen atoms in total. The van der Waals surface area contributed by atoms with Crippen molar-refractivity contribution in [2.24, 2.45) is 0 Å². The molecule has 0 saturated heterocycles. The van der Waals surface area contributed by atoms with E-state index in [0.29, 0.717) is 17.3 Å². The van der Waals surface area contributed by atoms with Gasteiger partial charge in [-0.3, -0.25) is 0 Å². The van der Waals surface area contributed by atoms with Crippen molar-refractivity contribution >= 4 is 33.2 Å². The van der Waals surface area contributed by atoms with E-state index in [1.807, 2.05) is 38.1 Å². The van der Waals surface area contributed by atoms with Gasteiger partial charge in [-0.25, -0.2) is 0 Å². The van der Waals surface area contributed by atoms with Crippen LogP contribution < -0.4 is 10.5 Å². The van der Waals surface area contributed by atoms with E-state index < -0.39 is 0 Å². The average Bonchev–Trinajstić information content (AvgIpc) is 2.30. The van der Waals surface area contributed by atoms with Gasteiger partial charge >= 0.3 is 0 Å². The topological polar surface area (TPSA) is 35.2 Å². The molecule has 0 aliphatic carbocycles. The van der Waals surface area contributed by atoms with E-state index in [1.165, 1.54) is 0 Å². The first-order chi connectivity index (χ1) is 8.97. The van der Waals surface area contributed by atoms with E-state index in [-0.39, 0.29) is 0 Å². The highest BCUT2D eigenvalue weighted by molar-refractivity contribution is 9.10. The number of nitrogens with two attached hydrogens (primary N) is 1. The summed E-state index contributed by atoms with van der Waals surface area (Å²) in [6, 6.07) is 9.69. The lowest BCUT2D eigenvalue weighted by atomic mass is 10.1. The van der Waals surface area contributed by atoms with Gasteiger partial charge in [0, 0.05) is 15.1 Å². The monoisotopic (exact) mass is 339 g/mol. The van der Waals surface area contributed by atoms with Gasteiger partial charge in [0.1, 0.15) is 12.4 Å². The molecule has 0 aliphatic heterocycles. The highest BCUT2D eigenvalue weighted by atomic mass is 79.9. The molecule has 0 amide bonds. The molecule has 2 aromatic rings. The first-order valence-corrected chi connectivity index (χ1v) is 7.08. The Morgan fingerprint density at radius 2 is 1.95 bits per heavy atom. The van der Waals surface area contributed by atoms with Gasteiger partial charge in [0.05, 0.1) is 5.69 Å². The third-order valence-electron chi connectivity index (χ3n) is 2.83. The van der Waals surface area contributed by atoms with E-state index in [0.717, 1.165) is 26.9 Å². The summed E-state index contributed by atoms with van der Waals surface area (Å²) in [6.45, 7) is 4.40. The lowest BCUT2D eigenvalue weighted by Crippen LogP contribution is -2.01. The molecule has 2 rings (SSSR count). The molecule has 0 spiro atoms. The Kier molecular flexibility index (Phi) is 4.38. The fourth-order valence-electron chi connectivity index (χ4n) is 1.97. The molecular weight excluding hydrogens is 326 g/mol. The number of halogens is 2. The lowest BCUT2D eigenvalue weighted by molar-refractivity contribution is 0.306. The molecular formula is C15H15BrClNO. The van der Waals surface area contributed by atoms with Gasteiger partial charge < -0.3 is 10.5 Å². The van der Waals surface area contributed by atoms with E-state index in [1.54, 1.807) is 0 Å². The summed E-state index contributed by atoms with van der Waals surface area (Å²) in [5, 5.41) is 0.678. The lowest BCUT2D eigenvalue weighted by Gasteiger charge is -2.13. The molecule has 0 atom stereocenters. The Labute approximate surface area is 126 Å². The molecule has 100 valence electrons. The van der Waals surface area contributed by atoms with Crippen molar-refractivity contribution in [3.8, 4) is 5.75 Å². The Morgan fingerprint density at radius 1 is 1.21 bits per heavy atom. The molecule has 0 heterocycles. The van der Waals surface area contributed by atoms with E-state index >= 15 is 0 Å². The number of nitrogen functional groups attached to an aromatic ring is 1. The molecule has 0 saturated carbocycles. The molecule has 0 aromatic heterocycles. The minimum atomic E-state index is 0.403. The minimum Gasteiger partial charge on any atom is -0.486 e. The average molecular weight is 341 g/mol. The number of anilines is 1. The second-order valence-corrected chi connectivity index (χ2v) is 5.85. The number of ether oxygens (including phenoxy) is 1. The first kappa shape index (κ1) is 14.2. The summed E-state index contributed by atoms with van der Waals surface area (Å²) >= 11 is 9.54. The summed E-state index contributed by atoms with van der Waals surface area (Å²) < 4.78 is 6.76. The van der Waals surface area contributed by atoms with Crippen LogP contribution in [0.2, 0.25) is 5.02 Å². The molecule has 19 heavy (non-hydrogen) atoms. The predicted molar refractivity (Wildman–Crippen MR) is 83.8 cm³/mol. The Balaban J connectivity index is 2.19. The second kappa shape index (κ2) is 5.85. The molecule has 0 aliphatic rings.